The van der Waals surface area contributed by atoms with Gasteiger partial charge in [0.15, 0.2) is 0 Å². The number of anilines is 1. The number of ether oxygens (including phenoxy) is 1. The van der Waals surface area contributed by atoms with E-state index < -0.39 is 0 Å². The molecule has 0 aliphatic carbocycles. The summed E-state index contributed by atoms with van der Waals surface area (Å²) >= 11 is 12.2. The number of hydrogen-bond donors (Lipinski definition) is 1. The standard InChI is InChI=1S/C22H30Cl2N4O3/c1-14(2)21(30)27(9-10-31-6)13-20(29)25-19-12-18(22(3,4)5)26-28(19)15-7-8-16(23)17(24)11-15/h7-8,11-12,14H,9-10,13H2,1-6H3,(H,25,29). The molecule has 0 bridgehead atoms. The second-order valence-electron chi connectivity index (χ2n) is 8.63. The minimum atomic E-state index is -0.327. The molecule has 2 aromatic rings. The Hall–Kier alpha value is -2.09. The van der Waals surface area contributed by atoms with E-state index >= 15 is 0 Å². The number of amides is 2. The maximum atomic E-state index is 12.8. The van der Waals surface area contributed by atoms with Crippen molar-refractivity contribution in [2.45, 2.75) is 40.0 Å². The molecule has 1 N–H and O–H groups in total. The molecule has 31 heavy (non-hydrogen) atoms. The molecule has 2 rings (SSSR count). The normalized spacial score (nSPS) is 11.6. The lowest BCUT2D eigenvalue weighted by Crippen LogP contribution is -2.42. The van der Waals surface area contributed by atoms with Crippen molar-refractivity contribution >= 4 is 40.8 Å². The van der Waals surface area contributed by atoms with Crippen molar-refractivity contribution < 1.29 is 14.3 Å². The van der Waals surface area contributed by atoms with Crippen LogP contribution in [0.4, 0.5) is 5.82 Å². The monoisotopic (exact) mass is 468 g/mol. The molecule has 1 aromatic heterocycles. The minimum Gasteiger partial charge on any atom is -0.383 e. The first-order valence-electron chi connectivity index (χ1n) is 10.1. The number of nitrogens with one attached hydrogen (secondary N) is 1. The summed E-state index contributed by atoms with van der Waals surface area (Å²) < 4.78 is 6.69. The molecule has 1 aromatic carbocycles. The van der Waals surface area contributed by atoms with Crippen LogP contribution in [0.2, 0.25) is 10.0 Å². The molecule has 0 atom stereocenters. The molecule has 170 valence electrons. The fourth-order valence-corrected chi connectivity index (χ4v) is 3.13. The van der Waals surface area contributed by atoms with Crippen LogP contribution in [-0.4, -0.2) is 53.3 Å². The van der Waals surface area contributed by atoms with Crippen molar-refractivity contribution in [3.05, 3.63) is 40.0 Å². The van der Waals surface area contributed by atoms with Gasteiger partial charge < -0.3 is 15.0 Å². The fourth-order valence-electron chi connectivity index (χ4n) is 2.84. The van der Waals surface area contributed by atoms with Gasteiger partial charge in [0, 0.05) is 31.1 Å². The van der Waals surface area contributed by atoms with Crippen LogP contribution in [0, 0.1) is 5.92 Å². The highest BCUT2D eigenvalue weighted by Crippen LogP contribution is 2.29. The molecule has 2 amide bonds. The molecular weight excluding hydrogens is 439 g/mol. The van der Waals surface area contributed by atoms with E-state index in [4.69, 9.17) is 27.9 Å². The van der Waals surface area contributed by atoms with E-state index in [0.29, 0.717) is 34.7 Å². The van der Waals surface area contributed by atoms with E-state index in [1.54, 1.807) is 43.8 Å². The lowest BCUT2D eigenvalue weighted by atomic mass is 9.92. The van der Waals surface area contributed by atoms with E-state index in [0.717, 1.165) is 5.69 Å². The van der Waals surface area contributed by atoms with Crippen LogP contribution < -0.4 is 5.32 Å². The molecule has 7 nitrogen and oxygen atoms in total. The summed E-state index contributed by atoms with van der Waals surface area (Å²) in [6.45, 7) is 10.3. The predicted octanol–water partition coefficient (Wildman–Crippen LogP) is 4.55. The van der Waals surface area contributed by atoms with Gasteiger partial charge in [0.25, 0.3) is 0 Å². The SMILES string of the molecule is COCCN(CC(=O)Nc1cc(C(C)(C)C)nn1-c1ccc(Cl)c(Cl)c1)C(=O)C(C)C. The lowest BCUT2D eigenvalue weighted by molar-refractivity contribution is -0.138. The maximum absolute atomic E-state index is 12.8. The van der Waals surface area contributed by atoms with Gasteiger partial charge in [-0.3, -0.25) is 9.59 Å². The summed E-state index contributed by atoms with van der Waals surface area (Å²) in [5.74, 6) is -0.178. The zero-order valence-electron chi connectivity index (χ0n) is 18.8. The smallest absolute Gasteiger partial charge is 0.245 e. The van der Waals surface area contributed by atoms with Crippen molar-refractivity contribution in [2.24, 2.45) is 5.92 Å². The first-order chi connectivity index (χ1) is 14.4. The molecular formula is C22H30Cl2N4O3. The van der Waals surface area contributed by atoms with Crippen LogP contribution in [0.25, 0.3) is 5.69 Å². The summed E-state index contributed by atoms with van der Waals surface area (Å²) in [6.07, 6.45) is 0. The number of aromatic nitrogens is 2. The summed E-state index contributed by atoms with van der Waals surface area (Å²) in [7, 11) is 1.56. The lowest BCUT2D eigenvalue weighted by Gasteiger charge is -2.23. The summed E-state index contributed by atoms with van der Waals surface area (Å²) in [6, 6.07) is 6.96. The molecule has 0 aliphatic rings. The van der Waals surface area contributed by atoms with Crippen molar-refractivity contribution in [2.75, 3.05) is 32.1 Å². The molecule has 0 aliphatic heterocycles. The third kappa shape index (κ3) is 6.69. The maximum Gasteiger partial charge on any atom is 0.245 e. The van der Waals surface area contributed by atoms with Crippen molar-refractivity contribution in [3.63, 3.8) is 0 Å². The fraction of sp³-hybridized carbons (Fsp3) is 0.500. The van der Waals surface area contributed by atoms with E-state index in [-0.39, 0.29) is 29.7 Å². The molecule has 0 saturated carbocycles. The van der Waals surface area contributed by atoms with Crippen molar-refractivity contribution in [3.8, 4) is 5.69 Å². The number of carbonyl (C=O) groups is 2. The van der Waals surface area contributed by atoms with E-state index in [1.165, 1.54) is 4.90 Å². The summed E-state index contributed by atoms with van der Waals surface area (Å²) in [4.78, 5) is 26.8. The number of carbonyl (C=O) groups excluding carboxylic acids is 2. The minimum absolute atomic E-state index is 0.0855. The van der Waals surface area contributed by atoms with E-state index in [2.05, 4.69) is 10.4 Å². The van der Waals surface area contributed by atoms with Crippen molar-refractivity contribution in [1.82, 2.24) is 14.7 Å². The first kappa shape index (κ1) is 25.2. The van der Waals surface area contributed by atoms with Crippen LogP contribution in [0.15, 0.2) is 24.3 Å². The largest absolute Gasteiger partial charge is 0.383 e. The Bertz CT molecular complexity index is 935. The summed E-state index contributed by atoms with van der Waals surface area (Å²) in [5, 5.41) is 8.37. The van der Waals surface area contributed by atoms with Crippen molar-refractivity contribution in [1.29, 1.82) is 0 Å². The second-order valence-corrected chi connectivity index (χ2v) is 9.44. The third-order valence-electron chi connectivity index (χ3n) is 4.60. The zero-order chi connectivity index (χ0) is 23.3. The summed E-state index contributed by atoms with van der Waals surface area (Å²) in [5.41, 5.74) is 1.22. The predicted molar refractivity (Wildman–Crippen MR) is 124 cm³/mol. The van der Waals surface area contributed by atoms with Gasteiger partial charge in [-0.05, 0) is 18.2 Å². The van der Waals surface area contributed by atoms with Gasteiger partial charge in [-0.1, -0.05) is 57.8 Å². The van der Waals surface area contributed by atoms with Gasteiger partial charge in [0.05, 0.1) is 34.6 Å². The Morgan fingerprint density at radius 3 is 2.42 bits per heavy atom. The highest BCUT2D eigenvalue weighted by molar-refractivity contribution is 6.42. The van der Waals surface area contributed by atoms with Crippen LogP contribution in [0.1, 0.15) is 40.3 Å². The van der Waals surface area contributed by atoms with Crippen LogP contribution in [0.3, 0.4) is 0 Å². The van der Waals surface area contributed by atoms with E-state index in [1.807, 2.05) is 26.8 Å². The van der Waals surface area contributed by atoms with Crippen LogP contribution in [-0.2, 0) is 19.7 Å². The first-order valence-corrected chi connectivity index (χ1v) is 10.8. The zero-order valence-corrected chi connectivity index (χ0v) is 20.3. The Balaban J connectivity index is 2.33. The van der Waals surface area contributed by atoms with Crippen LogP contribution >= 0.6 is 23.2 Å². The number of nitrogens with zero attached hydrogens (tertiary/aromatic N) is 3. The number of hydrogen-bond acceptors (Lipinski definition) is 4. The second kappa shape index (κ2) is 10.5. The molecule has 1 heterocycles. The highest BCUT2D eigenvalue weighted by Gasteiger charge is 2.24. The number of rotatable bonds is 8. The number of benzene rings is 1. The average molecular weight is 469 g/mol. The Kier molecular flexibility index (Phi) is 8.51. The molecule has 0 unspecified atom stereocenters. The third-order valence-corrected chi connectivity index (χ3v) is 5.34. The van der Waals surface area contributed by atoms with Crippen LogP contribution in [0.5, 0.6) is 0 Å². The van der Waals surface area contributed by atoms with Gasteiger partial charge in [-0.25, -0.2) is 4.68 Å². The highest BCUT2D eigenvalue weighted by atomic mass is 35.5. The molecule has 9 heteroatoms. The topological polar surface area (TPSA) is 76.5 Å². The van der Waals surface area contributed by atoms with E-state index in [9.17, 15) is 9.59 Å². The van der Waals surface area contributed by atoms with Gasteiger partial charge in [-0.15, -0.1) is 0 Å². The number of halogens is 2. The van der Waals surface area contributed by atoms with Gasteiger partial charge in [-0.2, -0.15) is 5.10 Å². The molecule has 0 spiro atoms. The Labute approximate surface area is 193 Å². The Morgan fingerprint density at radius 1 is 1.19 bits per heavy atom. The van der Waals surface area contributed by atoms with Gasteiger partial charge in [0.2, 0.25) is 11.8 Å². The average Bonchev–Trinajstić information content (AvgIpc) is 3.10. The van der Waals surface area contributed by atoms with Gasteiger partial charge in [0.1, 0.15) is 5.82 Å². The van der Waals surface area contributed by atoms with Gasteiger partial charge >= 0.3 is 0 Å². The number of methoxy groups -OCH3 is 1. The molecule has 0 radical (unpaired) electrons. The Morgan fingerprint density at radius 2 is 1.87 bits per heavy atom. The quantitative estimate of drug-likeness (QED) is 0.616. The molecule has 0 saturated heterocycles. The molecule has 0 fully saturated rings.